The van der Waals surface area contributed by atoms with Crippen LogP contribution in [0.5, 0.6) is 5.75 Å². The van der Waals surface area contributed by atoms with Crippen molar-refractivity contribution in [1.29, 1.82) is 0 Å². The molecule has 0 aliphatic carbocycles. The fraction of sp³-hybridized carbons (Fsp3) is 0.429. The first-order valence-corrected chi connectivity index (χ1v) is 6.54. The number of carbonyl (C=O) groups excluding carboxylic acids is 1. The lowest BCUT2D eigenvalue weighted by molar-refractivity contribution is -0.165. The molecule has 1 atom stereocenters. The Bertz CT molecular complexity index is 600. The van der Waals surface area contributed by atoms with Crippen LogP contribution in [0.25, 0.3) is 0 Å². The molecule has 1 heterocycles. The molecule has 8 heteroatoms. The molecule has 1 amide bonds. The molecule has 0 saturated carbocycles. The van der Waals surface area contributed by atoms with Gasteiger partial charge in [0.1, 0.15) is 12.3 Å². The lowest BCUT2D eigenvalue weighted by Gasteiger charge is -2.25. The maximum Gasteiger partial charge on any atom is 0.406 e. The van der Waals surface area contributed by atoms with Gasteiger partial charge >= 0.3 is 12.1 Å². The third kappa shape index (κ3) is 3.90. The van der Waals surface area contributed by atoms with Crippen LogP contribution in [0.1, 0.15) is 17.5 Å². The lowest BCUT2D eigenvalue weighted by Crippen LogP contribution is -2.41. The summed E-state index contributed by atoms with van der Waals surface area (Å²) < 4.78 is 37.9. The summed E-state index contributed by atoms with van der Waals surface area (Å²) in [5.41, 5.74) is 0.965. The number of aliphatic carboxylic acids is 1. The van der Waals surface area contributed by atoms with Crippen LogP contribution in [0.4, 0.5) is 13.2 Å². The second-order valence-corrected chi connectivity index (χ2v) is 5.26. The third-order valence-corrected chi connectivity index (χ3v) is 3.47. The maximum atomic E-state index is 12.6. The van der Waals surface area contributed by atoms with Gasteiger partial charge in [-0.25, -0.2) is 0 Å². The number of amides is 1. The molecule has 0 bridgehead atoms. The molecule has 5 nitrogen and oxygen atoms in total. The van der Waals surface area contributed by atoms with Gasteiger partial charge in [0.15, 0.2) is 0 Å². The summed E-state index contributed by atoms with van der Waals surface area (Å²) in [6.45, 7) is -1.75. The van der Waals surface area contributed by atoms with E-state index in [9.17, 15) is 27.9 Å². The van der Waals surface area contributed by atoms with Crippen molar-refractivity contribution in [3.05, 3.63) is 29.3 Å². The van der Waals surface area contributed by atoms with E-state index in [0.717, 1.165) is 0 Å². The van der Waals surface area contributed by atoms with Gasteiger partial charge in [0.25, 0.3) is 0 Å². The van der Waals surface area contributed by atoms with Crippen LogP contribution >= 0.6 is 0 Å². The van der Waals surface area contributed by atoms with Crippen molar-refractivity contribution in [1.82, 2.24) is 4.90 Å². The number of carboxylic acid groups (broad SMARTS) is 1. The highest BCUT2D eigenvalue weighted by atomic mass is 19.4. The number of benzene rings is 1. The van der Waals surface area contributed by atoms with E-state index in [1.807, 2.05) is 0 Å². The first kappa shape index (κ1) is 16.1. The fourth-order valence-corrected chi connectivity index (χ4v) is 2.57. The number of phenolic OH excluding ortho intramolecular Hbond substituents is 1. The van der Waals surface area contributed by atoms with Crippen molar-refractivity contribution in [3.63, 3.8) is 0 Å². The molecule has 2 N–H and O–H groups in total. The average Bonchev–Trinajstić information content (AvgIpc) is 2.47. The Balaban J connectivity index is 2.37. The topological polar surface area (TPSA) is 77.8 Å². The maximum absolute atomic E-state index is 12.6. The van der Waals surface area contributed by atoms with E-state index < -0.39 is 36.9 Å². The quantitative estimate of drug-likeness (QED) is 0.893. The molecule has 0 saturated heterocycles. The number of aromatic hydroxyl groups is 1. The molecule has 0 spiro atoms. The second kappa shape index (κ2) is 5.86. The number of hydrogen-bond acceptors (Lipinski definition) is 3. The highest BCUT2D eigenvalue weighted by Crippen LogP contribution is 2.29. The van der Waals surface area contributed by atoms with E-state index in [1.165, 1.54) is 18.2 Å². The number of fused-ring (bicyclic) bond motifs is 1. The van der Waals surface area contributed by atoms with E-state index in [4.69, 9.17) is 5.11 Å². The molecule has 1 aromatic carbocycles. The predicted octanol–water partition coefficient (Wildman–Crippen LogP) is 1.93. The summed E-state index contributed by atoms with van der Waals surface area (Å²) in [5, 5.41) is 18.3. The van der Waals surface area contributed by atoms with Crippen LogP contribution in [0, 0.1) is 5.92 Å². The van der Waals surface area contributed by atoms with E-state index in [1.54, 1.807) is 0 Å². The number of carbonyl (C=O) groups is 2. The minimum absolute atomic E-state index is 0.0368. The number of halogens is 3. The van der Waals surface area contributed by atoms with Crippen LogP contribution in [0.3, 0.4) is 0 Å². The minimum atomic E-state index is -4.58. The van der Waals surface area contributed by atoms with Gasteiger partial charge in [-0.05, 0) is 29.7 Å². The van der Waals surface area contributed by atoms with Crippen LogP contribution < -0.4 is 0 Å². The number of alkyl halides is 3. The highest BCUT2D eigenvalue weighted by molar-refractivity contribution is 5.84. The largest absolute Gasteiger partial charge is 0.508 e. The van der Waals surface area contributed by atoms with Crippen molar-refractivity contribution in [2.45, 2.75) is 25.6 Å². The Hall–Kier alpha value is -2.25. The molecule has 120 valence electrons. The van der Waals surface area contributed by atoms with Crippen molar-refractivity contribution in [2.24, 2.45) is 5.92 Å². The first-order chi connectivity index (χ1) is 10.2. The Morgan fingerprint density at radius 3 is 2.59 bits per heavy atom. The van der Waals surface area contributed by atoms with Gasteiger partial charge in [-0.15, -0.1) is 0 Å². The smallest absolute Gasteiger partial charge is 0.406 e. The zero-order valence-corrected chi connectivity index (χ0v) is 11.4. The van der Waals surface area contributed by atoms with E-state index in [2.05, 4.69) is 0 Å². The Labute approximate surface area is 124 Å². The molecule has 0 radical (unpaired) electrons. The summed E-state index contributed by atoms with van der Waals surface area (Å²) >= 11 is 0. The van der Waals surface area contributed by atoms with E-state index in [0.29, 0.717) is 16.0 Å². The van der Waals surface area contributed by atoms with Crippen LogP contribution in [-0.2, 0) is 22.6 Å². The van der Waals surface area contributed by atoms with Crippen LogP contribution in [0.15, 0.2) is 18.2 Å². The fourth-order valence-electron chi connectivity index (χ4n) is 2.57. The zero-order valence-electron chi connectivity index (χ0n) is 11.4. The van der Waals surface area contributed by atoms with Gasteiger partial charge in [0.2, 0.25) is 5.91 Å². The van der Waals surface area contributed by atoms with E-state index in [-0.39, 0.29) is 18.7 Å². The van der Waals surface area contributed by atoms with Crippen molar-refractivity contribution in [2.75, 3.05) is 6.54 Å². The van der Waals surface area contributed by atoms with Gasteiger partial charge in [-0.3, -0.25) is 9.59 Å². The van der Waals surface area contributed by atoms with Gasteiger partial charge in [0, 0.05) is 6.54 Å². The van der Waals surface area contributed by atoms with Crippen LogP contribution in [0.2, 0.25) is 0 Å². The molecule has 0 aromatic heterocycles. The monoisotopic (exact) mass is 317 g/mol. The second-order valence-electron chi connectivity index (χ2n) is 5.26. The minimum Gasteiger partial charge on any atom is -0.508 e. The predicted molar refractivity (Wildman–Crippen MR) is 69.0 cm³/mol. The Kier molecular flexibility index (Phi) is 4.30. The molecule has 0 unspecified atom stereocenters. The standard InChI is InChI=1S/C14H14F3NO4/c15-14(16,17)7-18-6-10-4-11(19)2-1-8(10)3-9(13(18)22)5-12(20)21/h1-2,4,9,19H,3,5-7H2,(H,20,21)/t9-/m0/s1. The Morgan fingerprint density at radius 1 is 1.32 bits per heavy atom. The molecule has 0 fully saturated rings. The summed E-state index contributed by atoms with van der Waals surface area (Å²) in [6.07, 6.45) is -5.08. The third-order valence-electron chi connectivity index (χ3n) is 3.47. The van der Waals surface area contributed by atoms with Gasteiger partial charge in [-0.1, -0.05) is 6.07 Å². The normalized spacial score (nSPS) is 18.8. The molecular weight excluding hydrogens is 303 g/mol. The molecule has 1 aromatic rings. The molecule has 1 aliphatic rings. The summed E-state index contributed by atoms with van der Waals surface area (Å²) in [4.78, 5) is 23.7. The van der Waals surface area contributed by atoms with Gasteiger partial charge in [0.05, 0.1) is 12.3 Å². The van der Waals surface area contributed by atoms with Crippen LogP contribution in [-0.4, -0.2) is 39.7 Å². The molecule has 1 aliphatic heterocycles. The Morgan fingerprint density at radius 2 is 2.00 bits per heavy atom. The number of hydrogen-bond donors (Lipinski definition) is 2. The molecule has 2 rings (SSSR count). The molecule has 22 heavy (non-hydrogen) atoms. The zero-order chi connectivity index (χ0) is 16.5. The van der Waals surface area contributed by atoms with Crippen molar-refractivity contribution >= 4 is 11.9 Å². The number of rotatable bonds is 3. The summed E-state index contributed by atoms with van der Waals surface area (Å²) in [7, 11) is 0. The van der Waals surface area contributed by atoms with E-state index >= 15 is 0 Å². The first-order valence-electron chi connectivity index (χ1n) is 6.54. The summed E-state index contributed by atoms with van der Waals surface area (Å²) in [5.74, 6) is -3.25. The SMILES string of the molecule is O=C(O)C[C@@H]1Cc2ccc(O)cc2CN(CC(F)(F)F)C1=O. The van der Waals surface area contributed by atoms with Gasteiger partial charge < -0.3 is 15.1 Å². The highest BCUT2D eigenvalue weighted by Gasteiger charge is 2.38. The average molecular weight is 317 g/mol. The lowest BCUT2D eigenvalue weighted by atomic mass is 9.94. The molecular formula is C14H14F3NO4. The number of nitrogens with zero attached hydrogens (tertiary/aromatic N) is 1. The summed E-state index contributed by atoms with van der Waals surface area (Å²) in [6, 6.07) is 4.17. The number of phenols is 1. The van der Waals surface area contributed by atoms with Gasteiger partial charge in [-0.2, -0.15) is 13.2 Å². The number of carboxylic acids is 1. The van der Waals surface area contributed by atoms with Crippen molar-refractivity contribution in [3.8, 4) is 5.75 Å². The van der Waals surface area contributed by atoms with Crippen molar-refractivity contribution < 1.29 is 33.0 Å².